The van der Waals surface area contributed by atoms with Gasteiger partial charge in [-0.2, -0.15) is 0 Å². The number of nitrogens with zero attached hydrogens (tertiary/aromatic N) is 1. The largest absolute Gasteiger partial charge is 0.341 e. The summed E-state index contributed by atoms with van der Waals surface area (Å²) in [6.07, 6.45) is 0. The molecular formula is C6H9IN2O2. The number of likely N-dealkylation sites (tertiary alicyclic amines) is 1. The number of nitrogens with one attached hydrogen (secondary N) is 1. The molecule has 5 heteroatoms. The molecule has 0 aromatic carbocycles. The molecule has 1 saturated heterocycles. The molecule has 1 rings (SSSR count). The van der Waals surface area contributed by atoms with Gasteiger partial charge in [-0.25, -0.2) is 0 Å². The number of rotatable bonds is 1. The molecule has 0 aromatic rings. The fourth-order valence-corrected chi connectivity index (χ4v) is 1.42. The first kappa shape index (κ1) is 8.76. The summed E-state index contributed by atoms with van der Waals surface area (Å²) in [6.45, 7) is 2.66. The van der Waals surface area contributed by atoms with Gasteiger partial charge >= 0.3 is 0 Å². The third-order valence-corrected chi connectivity index (χ3v) is 2.32. The Morgan fingerprint density at radius 1 is 1.55 bits per heavy atom. The topological polar surface area (TPSA) is 49.4 Å². The lowest BCUT2D eigenvalue weighted by atomic mass is 10.00. The summed E-state index contributed by atoms with van der Waals surface area (Å²) in [5.41, 5.74) is 0. The van der Waals surface area contributed by atoms with E-state index in [1.54, 1.807) is 4.90 Å². The van der Waals surface area contributed by atoms with Crippen molar-refractivity contribution < 1.29 is 9.59 Å². The van der Waals surface area contributed by atoms with Crippen LogP contribution in [-0.2, 0) is 9.59 Å². The summed E-state index contributed by atoms with van der Waals surface area (Å²) < 4.78 is 2.52. The second-order valence-electron chi connectivity index (χ2n) is 2.58. The molecule has 4 nitrogen and oxygen atoms in total. The van der Waals surface area contributed by atoms with E-state index < -0.39 is 0 Å². The van der Waals surface area contributed by atoms with Crippen molar-refractivity contribution in [1.82, 2.24) is 8.43 Å². The van der Waals surface area contributed by atoms with E-state index in [1.165, 1.54) is 6.92 Å². The molecule has 0 saturated carbocycles. The Kier molecular flexibility index (Phi) is 2.69. The van der Waals surface area contributed by atoms with Gasteiger partial charge in [0, 0.05) is 20.0 Å². The Bertz CT molecular complexity index is 189. The number of carbonyl (C=O) groups excluding carboxylic acids is 2. The quantitative estimate of drug-likeness (QED) is 0.534. The van der Waals surface area contributed by atoms with Gasteiger partial charge in [0.25, 0.3) is 0 Å². The number of carbonyl (C=O) groups is 2. The molecule has 0 unspecified atom stereocenters. The van der Waals surface area contributed by atoms with Crippen LogP contribution in [-0.4, -0.2) is 29.8 Å². The third-order valence-electron chi connectivity index (χ3n) is 1.79. The number of amides is 2. The first-order valence-electron chi connectivity index (χ1n) is 3.31. The van der Waals surface area contributed by atoms with Crippen LogP contribution in [0, 0.1) is 5.92 Å². The van der Waals surface area contributed by atoms with Gasteiger partial charge in [0.1, 0.15) is 0 Å². The van der Waals surface area contributed by atoms with E-state index in [9.17, 15) is 9.59 Å². The van der Waals surface area contributed by atoms with Gasteiger partial charge < -0.3 is 4.90 Å². The zero-order chi connectivity index (χ0) is 8.43. The molecule has 2 amide bonds. The standard InChI is InChI=1S/C6H9IN2O2/c1-4(10)9-2-5(3-9)6(11)8-7/h5H,2-3H2,1H3,(H,8,11). The fourth-order valence-electron chi connectivity index (χ4n) is 0.979. The van der Waals surface area contributed by atoms with E-state index >= 15 is 0 Å². The molecule has 0 spiro atoms. The van der Waals surface area contributed by atoms with Crippen molar-refractivity contribution in [2.45, 2.75) is 6.92 Å². The Labute approximate surface area is 78.8 Å². The van der Waals surface area contributed by atoms with Crippen molar-refractivity contribution in [2.75, 3.05) is 13.1 Å². The van der Waals surface area contributed by atoms with Crippen molar-refractivity contribution in [3.8, 4) is 0 Å². The maximum Gasteiger partial charge on any atom is 0.235 e. The SMILES string of the molecule is CC(=O)N1CC(C(=O)NI)C1. The summed E-state index contributed by atoms with van der Waals surface area (Å²) in [5, 5.41) is 0. The average molecular weight is 268 g/mol. The minimum Gasteiger partial charge on any atom is -0.341 e. The van der Waals surface area contributed by atoms with Crippen LogP contribution < -0.4 is 3.53 Å². The molecule has 0 bridgehead atoms. The Morgan fingerprint density at radius 2 is 2.09 bits per heavy atom. The van der Waals surface area contributed by atoms with E-state index in [4.69, 9.17) is 0 Å². The highest BCUT2D eigenvalue weighted by Crippen LogP contribution is 2.15. The van der Waals surface area contributed by atoms with Crippen molar-refractivity contribution in [3.63, 3.8) is 0 Å². The van der Waals surface area contributed by atoms with Crippen LogP contribution in [0.5, 0.6) is 0 Å². The van der Waals surface area contributed by atoms with Crippen molar-refractivity contribution in [3.05, 3.63) is 0 Å². The van der Waals surface area contributed by atoms with Gasteiger partial charge in [0.05, 0.1) is 28.8 Å². The molecule has 0 radical (unpaired) electrons. The Hall–Kier alpha value is -0.330. The van der Waals surface area contributed by atoms with Gasteiger partial charge in [0.15, 0.2) is 0 Å². The first-order valence-corrected chi connectivity index (χ1v) is 4.39. The van der Waals surface area contributed by atoms with Crippen LogP contribution in [0.4, 0.5) is 0 Å². The second-order valence-corrected chi connectivity index (χ2v) is 3.12. The molecule has 0 atom stereocenters. The molecule has 62 valence electrons. The highest BCUT2D eigenvalue weighted by atomic mass is 127. The Morgan fingerprint density at radius 3 is 2.45 bits per heavy atom. The minimum atomic E-state index is 0.0100. The maximum atomic E-state index is 10.9. The summed E-state index contributed by atoms with van der Waals surface area (Å²) in [4.78, 5) is 23.2. The molecular weight excluding hydrogens is 259 g/mol. The summed E-state index contributed by atoms with van der Waals surface area (Å²) >= 11 is 1.81. The van der Waals surface area contributed by atoms with E-state index in [0.717, 1.165) is 0 Å². The lowest BCUT2D eigenvalue weighted by Crippen LogP contribution is -2.53. The van der Waals surface area contributed by atoms with Gasteiger partial charge in [-0.3, -0.25) is 13.1 Å². The lowest BCUT2D eigenvalue weighted by Gasteiger charge is -2.36. The highest BCUT2D eigenvalue weighted by Gasteiger charge is 2.33. The average Bonchev–Trinajstić information content (AvgIpc) is 1.83. The number of hydrogen-bond acceptors (Lipinski definition) is 2. The molecule has 1 aliphatic rings. The van der Waals surface area contributed by atoms with E-state index in [1.807, 2.05) is 22.9 Å². The predicted molar refractivity (Wildman–Crippen MR) is 47.9 cm³/mol. The zero-order valence-corrected chi connectivity index (χ0v) is 8.29. The molecule has 0 aliphatic carbocycles. The van der Waals surface area contributed by atoms with Gasteiger partial charge in [0.2, 0.25) is 11.8 Å². The lowest BCUT2D eigenvalue weighted by molar-refractivity contribution is -0.140. The second kappa shape index (κ2) is 3.38. The van der Waals surface area contributed by atoms with Crippen LogP contribution in [0.1, 0.15) is 6.92 Å². The summed E-state index contributed by atoms with van der Waals surface area (Å²) in [6, 6.07) is 0. The molecule has 11 heavy (non-hydrogen) atoms. The molecule has 0 aromatic heterocycles. The molecule has 1 N–H and O–H groups in total. The van der Waals surface area contributed by atoms with E-state index in [0.29, 0.717) is 13.1 Å². The normalized spacial score (nSPS) is 17.5. The van der Waals surface area contributed by atoms with Crippen molar-refractivity contribution in [2.24, 2.45) is 5.92 Å². The molecule has 1 aliphatic heterocycles. The predicted octanol–water partition coefficient (Wildman–Crippen LogP) is -0.0691. The Balaban J connectivity index is 2.29. The number of hydrogen-bond donors (Lipinski definition) is 1. The van der Waals surface area contributed by atoms with E-state index in [-0.39, 0.29) is 17.7 Å². The van der Waals surface area contributed by atoms with Gasteiger partial charge in [-0.05, 0) is 0 Å². The van der Waals surface area contributed by atoms with Crippen LogP contribution in [0.2, 0.25) is 0 Å². The smallest absolute Gasteiger partial charge is 0.235 e. The molecule has 1 heterocycles. The monoisotopic (exact) mass is 268 g/mol. The van der Waals surface area contributed by atoms with Crippen LogP contribution in [0.3, 0.4) is 0 Å². The highest BCUT2D eigenvalue weighted by molar-refractivity contribution is 14.1. The van der Waals surface area contributed by atoms with Gasteiger partial charge in [-0.1, -0.05) is 0 Å². The number of halogens is 1. The van der Waals surface area contributed by atoms with Crippen LogP contribution in [0.25, 0.3) is 0 Å². The van der Waals surface area contributed by atoms with Crippen LogP contribution >= 0.6 is 22.9 Å². The van der Waals surface area contributed by atoms with Crippen molar-refractivity contribution in [1.29, 1.82) is 0 Å². The zero-order valence-electron chi connectivity index (χ0n) is 6.13. The van der Waals surface area contributed by atoms with Crippen LogP contribution in [0.15, 0.2) is 0 Å². The van der Waals surface area contributed by atoms with E-state index in [2.05, 4.69) is 3.53 Å². The third kappa shape index (κ3) is 1.82. The fraction of sp³-hybridized carbons (Fsp3) is 0.667. The first-order chi connectivity index (χ1) is 5.15. The maximum absolute atomic E-state index is 10.9. The van der Waals surface area contributed by atoms with Crippen molar-refractivity contribution >= 4 is 34.7 Å². The molecule has 1 fully saturated rings. The minimum absolute atomic E-state index is 0.0100. The van der Waals surface area contributed by atoms with Gasteiger partial charge in [-0.15, -0.1) is 0 Å². The summed E-state index contributed by atoms with van der Waals surface area (Å²) in [5.74, 6) is 0.0707. The summed E-state index contributed by atoms with van der Waals surface area (Å²) in [7, 11) is 0.